The minimum absolute atomic E-state index is 0.355. The minimum Gasteiger partial charge on any atom is -0.205 e. The topological polar surface area (TPSA) is 0 Å². The summed E-state index contributed by atoms with van der Waals surface area (Å²) in [5.74, 6) is 0.295. The molecule has 0 nitrogen and oxygen atoms in total. The molecule has 0 N–H and O–H groups in total. The van der Waals surface area contributed by atoms with Gasteiger partial charge in [0.05, 0.1) is 17.3 Å². The Kier molecular flexibility index (Phi) is 7.79. The summed E-state index contributed by atoms with van der Waals surface area (Å²) in [5.41, 5.74) is 2.41. The second-order valence-electron chi connectivity index (χ2n) is 8.58. The van der Waals surface area contributed by atoms with Crippen LogP contribution in [-0.4, -0.2) is 0 Å². The van der Waals surface area contributed by atoms with Crippen molar-refractivity contribution >= 4 is 77.2 Å². The van der Waals surface area contributed by atoms with Crippen molar-refractivity contribution in [2.24, 2.45) is 11.8 Å². The third-order valence-electron chi connectivity index (χ3n) is 4.84. The number of thiophene rings is 4. The lowest BCUT2D eigenvalue weighted by Gasteiger charge is -2.04. The van der Waals surface area contributed by atoms with E-state index in [4.69, 9.17) is 0 Å². The predicted molar refractivity (Wildman–Crippen MR) is 147 cm³/mol. The molecule has 8 heteroatoms. The molecule has 0 saturated heterocycles. The van der Waals surface area contributed by atoms with Crippen LogP contribution < -0.4 is 0 Å². The van der Waals surface area contributed by atoms with Gasteiger partial charge in [-0.2, -0.15) is 0 Å². The Bertz CT molecular complexity index is 1150. The quantitative estimate of drug-likeness (QED) is 0.189. The Morgan fingerprint density at radius 1 is 0.625 bits per heavy atom. The molecule has 0 bridgehead atoms. The van der Waals surface area contributed by atoms with Crippen LogP contribution in [0.1, 0.15) is 38.8 Å². The van der Waals surface area contributed by atoms with E-state index >= 15 is 8.78 Å². The normalized spacial score (nSPS) is 11.9. The first-order chi connectivity index (χ1) is 15.1. The zero-order valence-corrected chi connectivity index (χ0v) is 24.5. The van der Waals surface area contributed by atoms with Crippen LogP contribution in [0.25, 0.3) is 29.3 Å². The number of halogens is 4. The van der Waals surface area contributed by atoms with Gasteiger partial charge in [-0.1, -0.05) is 27.7 Å². The standard InChI is InChI=1S/C24H22Br2F2S4/c1-11(2)5-13-7-19(25)31-21(13)17-9-15(27)23(29-17)24-16(28)10-18(30-24)22-14(6-12(3)4)8-20(26)32-22/h7-12H,5-6H2,1-4H3. The summed E-state index contributed by atoms with van der Waals surface area (Å²) in [6.07, 6.45) is 1.85. The molecule has 0 saturated carbocycles. The fourth-order valence-corrected chi connectivity index (χ4v) is 9.50. The van der Waals surface area contributed by atoms with E-state index in [0.717, 1.165) is 39.9 Å². The van der Waals surface area contributed by atoms with E-state index < -0.39 is 0 Å². The summed E-state index contributed by atoms with van der Waals surface area (Å²) < 4.78 is 32.2. The van der Waals surface area contributed by atoms with Crippen LogP contribution in [0.4, 0.5) is 8.78 Å². The minimum atomic E-state index is -0.355. The third kappa shape index (κ3) is 5.31. The maximum Gasteiger partial charge on any atom is 0.143 e. The van der Waals surface area contributed by atoms with Crippen LogP contribution in [0.3, 0.4) is 0 Å². The molecule has 4 aromatic heterocycles. The lowest BCUT2D eigenvalue weighted by atomic mass is 10.0. The van der Waals surface area contributed by atoms with Gasteiger partial charge in [0.1, 0.15) is 11.6 Å². The summed E-state index contributed by atoms with van der Waals surface area (Å²) in [7, 11) is 0. The van der Waals surface area contributed by atoms with Gasteiger partial charge >= 0.3 is 0 Å². The van der Waals surface area contributed by atoms with Crippen LogP contribution in [0, 0.1) is 23.5 Å². The van der Waals surface area contributed by atoms with Crippen LogP contribution in [0.2, 0.25) is 0 Å². The van der Waals surface area contributed by atoms with E-state index in [9.17, 15) is 0 Å². The van der Waals surface area contributed by atoms with E-state index in [2.05, 4.69) is 71.7 Å². The van der Waals surface area contributed by atoms with Crippen molar-refractivity contribution in [1.29, 1.82) is 0 Å². The second-order valence-corrected chi connectivity index (χ2v) is 15.5. The van der Waals surface area contributed by atoms with Crippen molar-refractivity contribution in [2.75, 3.05) is 0 Å². The molecular weight excluding hydrogens is 614 g/mol. The molecule has 0 fully saturated rings. The van der Waals surface area contributed by atoms with Crippen molar-refractivity contribution in [3.05, 3.63) is 54.6 Å². The Labute approximate surface area is 220 Å². The molecule has 32 heavy (non-hydrogen) atoms. The summed E-state index contributed by atoms with van der Waals surface area (Å²) in [5, 5.41) is 0. The molecule has 0 aliphatic heterocycles. The molecule has 0 aromatic carbocycles. The smallest absolute Gasteiger partial charge is 0.143 e. The second kappa shape index (κ2) is 10.1. The van der Waals surface area contributed by atoms with Gasteiger partial charge in [0.25, 0.3) is 0 Å². The summed E-state index contributed by atoms with van der Waals surface area (Å²) in [6, 6.07) is 7.36. The van der Waals surface area contributed by atoms with Crippen molar-refractivity contribution in [1.82, 2.24) is 0 Å². The summed E-state index contributed by atoms with van der Waals surface area (Å²) in [6.45, 7) is 8.70. The number of rotatable bonds is 7. The van der Waals surface area contributed by atoms with E-state index in [0.29, 0.717) is 21.6 Å². The van der Waals surface area contributed by atoms with Gasteiger partial charge in [-0.15, -0.1) is 45.3 Å². The third-order valence-corrected chi connectivity index (χ3v) is 10.9. The van der Waals surface area contributed by atoms with Crippen molar-refractivity contribution in [3.63, 3.8) is 0 Å². The first-order valence-electron chi connectivity index (χ1n) is 10.3. The molecule has 4 aromatic rings. The van der Waals surface area contributed by atoms with Gasteiger partial charge in [0.2, 0.25) is 0 Å². The summed E-state index contributed by atoms with van der Waals surface area (Å²) >= 11 is 13.1. The first-order valence-corrected chi connectivity index (χ1v) is 15.1. The molecule has 4 heterocycles. The number of hydrogen-bond acceptors (Lipinski definition) is 4. The first kappa shape index (κ1) is 24.7. The Morgan fingerprint density at radius 3 is 1.34 bits per heavy atom. The molecule has 170 valence electrons. The highest BCUT2D eigenvalue weighted by molar-refractivity contribution is 9.11. The highest BCUT2D eigenvalue weighted by Gasteiger charge is 2.23. The molecule has 0 spiro atoms. The van der Waals surface area contributed by atoms with Gasteiger partial charge in [0, 0.05) is 19.5 Å². The Balaban J connectivity index is 1.73. The molecule has 0 aliphatic rings. The van der Waals surface area contributed by atoms with Crippen LogP contribution in [-0.2, 0) is 12.8 Å². The van der Waals surface area contributed by atoms with Crippen molar-refractivity contribution < 1.29 is 8.78 Å². The fourth-order valence-electron chi connectivity index (χ4n) is 3.66. The molecule has 4 rings (SSSR count). The van der Waals surface area contributed by atoms with Gasteiger partial charge in [-0.25, -0.2) is 8.78 Å². The largest absolute Gasteiger partial charge is 0.205 e. The molecular formula is C24H22Br2F2S4. The van der Waals surface area contributed by atoms with Crippen LogP contribution >= 0.6 is 77.2 Å². The maximum absolute atomic E-state index is 15.1. The van der Waals surface area contributed by atoms with Crippen LogP contribution in [0.5, 0.6) is 0 Å². The van der Waals surface area contributed by atoms with Gasteiger partial charge < -0.3 is 0 Å². The lowest BCUT2D eigenvalue weighted by Crippen LogP contribution is -1.93. The van der Waals surface area contributed by atoms with Gasteiger partial charge in [-0.3, -0.25) is 0 Å². The van der Waals surface area contributed by atoms with Crippen molar-refractivity contribution in [3.8, 4) is 29.3 Å². The molecule has 0 unspecified atom stereocenters. The highest BCUT2D eigenvalue weighted by Crippen LogP contribution is 2.48. The van der Waals surface area contributed by atoms with Gasteiger partial charge in [0.15, 0.2) is 0 Å². The van der Waals surface area contributed by atoms with E-state index in [1.165, 1.54) is 33.8 Å². The average Bonchev–Trinajstić information content (AvgIpc) is 3.41. The van der Waals surface area contributed by atoms with Crippen molar-refractivity contribution in [2.45, 2.75) is 40.5 Å². The maximum atomic E-state index is 15.1. The van der Waals surface area contributed by atoms with E-state index in [1.807, 2.05) is 0 Å². The Morgan fingerprint density at radius 2 is 1.00 bits per heavy atom. The highest BCUT2D eigenvalue weighted by atomic mass is 79.9. The monoisotopic (exact) mass is 634 g/mol. The zero-order valence-electron chi connectivity index (χ0n) is 18.0. The molecule has 0 amide bonds. The molecule has 0 aliphatic carbocycles. The Hall–Kier alpha value is -0.380. The molecule has 0 atom stereocenters. The average molecular weight is 637 g/mol. The van der Waals surface area contributed by atoms with E-state index in [1.54, 1.807) is 34.8 Å². The predicted octanol–water partition coefficient (Wildman–Crippen LogP) is 11.1. The van der Waals surface area contributed by atoms with Crippen LogP contribution in [0.15, 0.2) is 31.8 Å². The van der Waals surface area contributed by atoms with Gasteiger partial charge in [-0.05, 0) is 91.9 Å². The molecule has 0 radical (unpaired) electrons. The lowest BCUT2D eigenvalue weighted by molar-refractivity contribution is 0.624. The summed E-state index contributed by atoms with van der Waals surface area (Å²) in [4.78, 5) is 4.62. The SMILES string of the molecule is CC(C)Cc1cc(Br)sc1-c1cc(F)c(-c2sc(-c3sc(Br)cc3CC(C)C)cc2F)s1. The zero-order chi connectivity index (χ0) is 23.2. The fraction of sp³-hybridized carbons (Fsp3) is 0.333. The van der Waals surface area contributed by atoms with E-state index in [-0.39, 0.29) is 11.6 Å². The number of hydrogen-bond donors (Lipinski definition) is 0.